The lowest BCUT2D eigenvalue weighted by Gasteiger charge is -2.58. The second-order valence-corrected chi connectivity index (χ2v) is 9.35. The Balaban J connectivity index is 1.68. The van der Waals surface area contributed by atoms with Crippen LogP contribution >= 0.6 is 0 Å². The Bertz CT molecular complexity index is 498. The van der Waals surface area contributed by atoms with Crippen LogP contribution in [0.1, 0.15) is 65.7 Å². The van der Waals surface area contributed by atoms with Gasteiger partial charge in [0.1, 0.15) is 0 Å². The van der Waals surface area contributed by atoms with Gasteiger partial charge in [-0.25, -0.2) is 0 Å². The fourth-order valence-electron chi connectivity index (χ4n) is 6.96. The topological polar surface area (TPSA) is 40.5 Å². The summed E-state index contributed by atoms with van der Waals surface area (Å²) >= 11 is 0. The molecule has 22 heavy (non-hydrogen) atoms. The van der Waals surface area contributed by atoms with E-state index in [1.54, 1.807) is 5.57 Å². The number of fused-ring (bicyclic) bond motifs is 5. The smallest absolute Gasteiger partial charge is 0.0603 e. The summed E-state index contributed by atoms with van der Waals surface area (Å²) < 4.78 is 0. The van der Waals surface area contributed by atoms with E-state index in [9.17, 15) is 10.2 Å². The Kier molecular flexibility index (Phi) is 3.34. The third-order valence-corrected chi connectivity index (χ3v) is 8.41. The molecule has 2 N–H and O–H groups in total. The molecule has 0 heterocycles. The maximum absolute atomic E-state index is 10.5. The molecule has 0 aliphatic heterocycles. The van der Waals surface area contributed by atoms with Gasteiger partial charge in [0.2, 0.25) is 0 Å². The standard InChI is InChI=1S/C20H32O2/c1-12-11-20(3)13(10-17(12)21)4-5-14-15-6-7-18(22)19(15,2)9-8-16(14)20/h4,12,14-18,21-22H,5-11H2,1-3H3/t12?,14-,15-,16+,17?,18?,19-,20-/m0/s1. The summed E-state index contributed by atoms with van der Waals surface area (Å²) in [5.74, 6) is 2.65. The molecular weight excluding hydrogens is 272 g/mol. The van der Waals surface area contributed by atoms with Crippen molar-refractivity contribution in [3.05, 3.63) is 11.6 Å². The van der Waals surface area contributed by atoms with Crippen molar-refractivity contribution in [2.75, 3.05) is 0 Å². The highest BCUT2D eigenvalue weighted by molar-refractivity contribution is 5.26. The van der Waals surface area contributed by atoms with Crippen molar-refractivity contribution >= 4 is 0 Å². The number of aliphatic hydroxyl groups excluding tert-OH is 2. The van der Waals surface area contributed by atoms with E-state index in [2.05, 4.69) is 26.8 Å². The van der Waals surface area contributed by atoms with Crippen LogP contribution < -0.4 is 0 Å². The molecule has 4 aliphatic rings. The fraction of sp³-hybridized carbons (Fsp3) is 0.900. The van der Waals surface area contributed by atoms with Gasteiger partial charge < -0.3 is 10.2 Å². The molecule has 0 spiro atoms. The largest absolute Gasteiger partial charge is 0.393 e. The molecule has 3 saturated carbocycles. The van der Waals surface area contributed by atoms with Crippen LogP contribution in [0.3, 0.4) is 0 Å². The summed E-state index contributed by atoms with van der Waals surface area (Å²) in [6.45, 7) is 7.05. The van der Waals surface area contributed by atoms with Crippen LogP contribution in [-0.2, 0) is 0 Å². The molecule has 0 aromatic rings. The lowest BCUT2D eigenvalue weighted by molar-refractivity contribution is -0.0783. The van der Waals surface area contributed by atoms with Crippen LogP contribution in [0, 0.1) is 34.5 Å². The molecular formula is C20H32O2. The molecule has 0 radical (unpaired) electrons. The number of aliphatic hydroxyl groups is 2. The van der Waals surface area contributed by atoms with Gasteiger partial charge in [0.25, 0.3) is 0 Å². The number of allylic oxidation sites excluding steroid dienone is 1. The van der Waals surface area contributed by atoms with Crippen molar-refractivity contribution in [1.82, 2.24) is 0 Å². The van der Waals surface area contributed by atoms with Crippen molar-refractivity contribution in [1.29, 1.82) is 0 Å². The molecule has 4 aliphatic carbocycles. The van der Waals surface area contributed by atoms with E-state index in [1.807, 2.05) is 0 Å². The summed E-state index contributed by atoms with van der Waals surface area (Å²) in [5.41, 5.74) is 2.01. The van der Waals surface area contributed by atoms with E-state index in [0.717, 1.165) is 31.1 Å². The first-order chi connectivity index (χ1) is 10.4. The van der Waals surface area contributed by atoms with Gasteiger partial charge in [0.05, 0.1) is 12.2 Å². The SMILES string of the molecule is CC1C[C@@]2(C)C(=CC[C@@H]3[C@H]2CC[C@]2(C)C(O)CC[C@@H]32)CC1O. The summed E-state index contributed by atoms with van der Waals surface area (Å²) in [4.78, 5) is 0. The predicted molar refractivity (Wildman–Crippen MR) is 88.3 cm³/mol. The predicted octanol–water partition coefficient (Wildman–Crippen LogP) is 3.92. The van der Waals surface area contributed by atoms with E-state index in [1.165, 1.54) is 25.7 Å². The van der Waals surface area contributed by atoms with Gasteiger partial charge in [-0.1, -0.05) is 32.4 Å². The van der Waals surface area contributed by atoms with Crippen LogP contribution in [0.2, 0.25) is 0 Å². The van der Waals surface area contributed by atoms with Gasteiger partial charge in [-0.3, -0.25) is 0 Å². The zero-order chi connectivity index (χ0) is 15.7. The van der Waals surface area contributed by atoms with Gasteiger partial charge >= 0.3 is 0 Å². The molecule has 0 aromatic heterocycles. The number of hydrogen-bond donors (Lipinski definition) is 2. The lowest BCUT2D eigenvalue weighted by Crippen LogP contribution is -2.52. The van der Waals surface area contributed by atoms with Gasteiger partial charge in [-0.2, -0.15) is 0 Å². The van der Waals surface area contributed by atoms with Crippen molar-refractivity contribution in [3.63, 3.8) is 0 Å². The number of rotatable bonds is 0. The first-order valence-corrected chi connectivity index (χ1v) is 9.42. The number of hydrogen-bond acceptors (Lipinski definition) is 2. The average molecular weight is 304 g/mol. The summed E-state index contributed by atoms with van der Waals surface area (Å²) in [6, 6.07) is 0. The molecule has 4 rings (SSSR count). The zero-order valence-electron chi connectivity index (χ0n) is 14.4. The van der Waals surface area contributed by atoms with Crippen LogP contribution in [0.5, 0.6) is 0 Å². The molecule has 0 bridgehead atoms. The summed E-state index contributed by atoms with van der Waals surface area (Å²) in [5, 5.41) is 20.8. The summed E-state index contributed by atoms with van der Waals surface area (Å²) in [6.07, 6.45) is 10.2. The molecule has 124 valence electrons. The minimum Gasteiger partial charge on any atom is -0.393 e. The highest BCUT2D eigenvalue weighted by atomic mass is 16.3. The van der Waals surface area contributed by atoms with Crippen molar-refractivity contribution in [2.45, 2.75) is 77.9 Å². The molecule has 8 atom stereocenters. The maximum atomic E-state index is 10.5. The minimum atomic E-state index is -0.141. The first kappa shape index (κ1) is 15.2. The van der Waals surface area contributed by atoms with E-state index in [-0.39, 0.29) is 17.6 Å². The Hall–Kier alpha value is -0.340. The Morgan fingerprint density at radius 2 is 1.86 bits per heavy atom. The maximum Gasteiger partial charge on any atom is 0.0603 e. The molecule has 2 nitrogen and oxygen atoms in total. The second-order valence-electron chi connectivity index (χ2n) is 9.35. The molecule has 0 aromatic carbocycles. The van der Waals surface area contributed by atoms with E-state index >= 15 is 0 Å². The lowest BCUT2D eigenvalue weighted by atomic mass is 9.47. The van der Waals surface area contributed by atoms with Crippen molar-refractivity contribution in [3.8, 4) is 0 Å². The normalized spacial score (nSPS) is 57.6. The minimum absolute atomic E-state index is 0.0799. The van der Waals surface area contributed by atoms with Gasteiger partial charge in [0, 0.05) is 0 Å². The van der Waals surface area contributed by atoms with Crippen LogP contribution in [0.15, 0.2) is 11.6 Å². The molecule has 2 heteroatoms. The first-order valence-electron chi connectivity index (χ1n) is 9.42. The van der Waals surface area contributed by atoms with Crippen LogP contribution in [0.4, 0.5) is 0 Å². The van der Waals surface area contributed by atoms with E-state index in [4.69, 9.17) is 0 Å². The van der Waals surface area contributed by atoms with Crippen LogP contribution in [-0.4, -0.2) is 22.4 Å². The van der Waals surface area contributed by atoms with Gasteiger partial charge in [-0.05, 0) is 79.4 Å². The second kappa shape index (κ2) is 4.83. The van der Waals surface area contributed by atoms with Crippen molar-refractivity contribution in [2.24, 2.45) is 34.5 Å². The van der Waals surface area contributed by atoms with E-state index < -0.39 is 0 Å². The third kappa shape index (κ3) is 1.86. The quantitative estimate of drug-likeness (QED) is 0.666. The van der Waals surface area contributed by atoms with E-state index in [0.29, 0.717) is 17.3 Å². The highest BCUT2D eigenvalue weighted by Gasteiger charge is 2.58. The summed E-state index contributed by atoms with van der Waals surface area (Å²) in [7, 11) is 0. The Morgan fingerprint density at radius 3 is 2.64 bits per heavy atom. The fourth-order valence-corrected chi connectivity index (χ4v) is 6.96. The van der Waals surface area contributed by atoms with Gasteiger partial charge in [0.15, 0.2) is 0 Å². The Morgan fingerprint density at radius 1 is 1.09 bits per heavy atom. The average Bonchev–Trinajstić information content (AvgIpc) is 2.77. The Labute approximate surface area is 135 Å². The monoisotopic (exact) mass is 304 g/mol. The molecule has 3 unspecified atom stereocenters. The van der Waals surface area contributed by atoms with Crippen molar-refractivity contribution < 1.29 is 10.2 Å². The van der Waals surface area contributed by atoms with Crippen LogP contribution in [0.25, 0.3) is 0 Å². The van der Waals surface area contributed by atoms with Gasteiger partial charge in [-0.15, -0.1) is 0 Å². The zero-order valence-corrected chi connectivity index (χ0v) is 14.4. The third-order valence-electron chi connectivity index (χ3n) is 8.41. The highest BCUT2D eigenvalue weighted by Crippen LogP contribution is 2.65. The molecule has 0 saturated heterocycles. The molecule has 0 amide bonds. The molecule has 3 fully saturated rings.